The minimum Gasteiger partial charge on any atom is -1.00 e. The molecular formula is C43H66ClN7O10S2Si. The van der Waals surface area contributed by atoms with E-state index in [0.717, 1.165) is 33.7 Å². The lowest BCUT2D eigenvalue weighted by Crippen LogP contribution is -3.00. The normalized spacial score (nSPS) is 14.8. The van der Waals surface area contributed by atoms with E-state index < -0.39 is 39.8 Å². The molecule has 64 heavy (non-hydrogen) atoms. The average molecular weight is 969 g/mol. The maximum Gasteiger partial charge on any atom is 0.199 e. The molecule has 0 radical (unpaired) electrons. The molecule has 4 rings (SSSR count). The van der Waals surface area contributed by atoms with Gasteiger partial charge >= 0.3 is 0 Å². The van der Waals surface area contributed by atoms with Crippen LogP contribution in [0, 0.1) is 0 Å². The van der Waals surface area contributed by atoms with Crippen molar-refractivity contribution in [1.82, 2.24) is 0 Å². The van der Waals surface area contributed by atoms with Crippen LogP contribution in [0.15, 0.2) is 64.4 Å². The Labute approximate surface area is 387 Å². The molecule has 1 heterocycles. The molecular weight excluding hydrogens is 902 g/mol. The van der Waals surface area contributed by atoms with Crippen LogP contribution in [0.2, 0.25) is 13.1 Å². The van der Waals surface area contributed by atoms with E-state index >= 15 is 0 Å². The second-order valence-electron chi connectivity index (χ2n) is 18.2. The van der Waals surface area contributed by atoms with Crippen molar-refractivity contribution in [3.63, 3.8) is 0 Å². The molecule has 0 bridgehead atoms. The molecule has 17 nitrogen and oxygen atoms in total. The van der Waals surface area contributed by atoms with E-state index in [1.807, 2.05) is 62.4 Å². The second kappa shape index (κ2) is 23.1. The van der Waals surface area contributed by atoms with E-state index in [2.05, 4.69) is 69.0 Å². The molecule has 21 heteroatoms. The fourth-order valence-electron chi connectivity index (χ4n) is 7.59. The van der Waals surface area contributed by atoms with Gasteiger partial charge in [0.1, 0.15) is 60.0 Å². The Balaban J connectivity index is 0.0000109. The van der Waals surface area contributed by atoms with Gasteiger partial charge in [0, 0.05) is 72.8 Å². The van der Waals surface area contributed by atoms with Gasteiger partial charge in [0.05, 0.1) is 93.6 Å². The molecule has 1 aliphatic carbocycles. The Bertz CT molecular complexity index is 2370. The first-order valence-corrected chi connectivity index (χ1v) is 27.2. The van der Waals surface area contributed by atoms with Gasteiger partial charge in [0.2, 0.25) is 0 Å². The Morgan fingerprint density at radius 1 is 0.766 bits per heavy atom. The fraction of sp³-hybridized carbons (Fsp3) is 0.558. The molecule has 2 aromatic rings. The maximum atomic E-state index is 11.1. The quantitative estimate of drug-likeness (QED) is 0.0201. The zero-order valence-corrected chi connectivity index (χ0v) is 42.3. The first-order chi connectivity index (χ1) is 29.3. The molecule has 2 aromatic carbocycles. The second-order valence-corrected chi connectivity index (χ2v) is 25.5. The van der Waals surface area contributed by atoms with Crippen LogP contribution < -0.4 is 32.0 Å². The standard InChI is InChI=1S/C43H66N7O10S2Si.ClH/c1-47(2)33-13-15-35-41(29-33)63(9,10)42-30-34(48(3)4)14-16-36(42)43(35)37-31-38(45-46-44)40(60-26-24-58-22-20-50(7,8)18-12-28-62(54,55)56)32-39(37)59-25-23-57-21-19-49(5,6)17-11-27-61(51,52)53;/h13-16,29-32H,11-12,17-28H2,1-10H3;1H/q+1;/p-1. The van der Waals surface area contributed by atoms with Crippen molar-refractivity contribution in [1.29, 1.82) is 0 Å². The third-order valence-corrected chi connectivity index (χ3v) is 16.5. The lowest BCUT2D eigenvalue weighted by atomic mass is 9.88. The van der Waals surface area contributed by atoms with Gasteiger partial charge in [-0.1, -0.05) is 24.3 Å². The highest BCUT2D eigenvalue weighted by Crippen LogP contribution is 2.47. The average Bonchev–Trinajstić information content (AvgIpc) is 3.17. The first kappa shape index (κ1) is 54.5. The van der Waals surface area contributed by atoms with Gasteiger partial charge in [0.25, 0.3) is 0 Å². The smallest absolute Gasteiger partial charge is 0.199 e. The largest absolute Gasteiger partial charge is 1.00 e. The molecule has 0 unspecified atom stereocenters. The lowest BCUT2D eigenvalue weighted by Gasteiger charge is -2.38. The van der Waals surface area contributed by atoms with Crippen molar-refractivity contribution in [2.45, 2.75) is 25.9 Å². The van der Waals surface area contributed by atoms with Crippen LogP contribution in [-0.4, -0.2) is 187 Å². The summed E-state index contributed by atoms with van der Waals surface area (Å²) in [6.45, 7) is 8.49. The van der Waals surface area contributed by atoms with E-state index in [1.165, 1.54) is 10.4 Å². The molecule has 0 spiro atoms. The fourth-order valence-corrected chi connectivity index (χ4v) is 11.6. The van der Waals surface area contributed by atoms with Gasteiger partial charge in [-0.2, -0.15) is 0 Å². The number of halogens is 1. The molecule has 0 aromatic heterocycles. The van der Waals surface area contributed by atoms with E-state index in [0.29, 0.717) is 59.9 Å². The van der Waals surface area contributed by atoms with Gasteiger partial charge < -0.3 is 54.3 Å². The van der Waals surface area contributed by atoms with Crippen LogP contribution in [0.1, 0.15) is 24.0 Å². The first-order valence-electron chi connectivity index (χ1n) is 21.0. The summed E-state index contributed by atoms with van der Waals surface area (Å²) >= 11 is 0. The topological polar surface area (TPSA) is 206 Å². The Morgan fingerprint density at radius 2 is 1.31 bits per heavy atom. The number of quaternary nitrogens is 2. The van der Waals surface area contributed by atoms with E-state index in [4.69, 9.17) is 18.9 Å². The maximum absolute atomic E-state index is 11.1. The minimum absolute atomic E-state index is 0. The van der Waals surface area contributed by atoms with Crippen molar-refractivity contribution in [2.75, 3.05) is 139 Å². The van der Waals surface area contributed by atoms with Crippen LogP contribution in [0.3, 0.4) is 0 Å². The molecule has 0 saturated heterocycles. The lowest BCUT2D eigenvalue weighted by molar-refractivity contribution is -0.890. The summed E-state index contributed by atoms with van der Waals surface area (Å²) in [5.74, 6) is 0.00994. The highest BCUT2D eigenvalue weighted by atomic mass is 35.5. The zero-order valence-electron chi connectivity index (χ0n) is 38.9. The van der Waals surface area contributed by atoms with Crippen molar-refractivity contribution in [3.8, 4) is 11.5 Å². The molecule has 356 valence electrons. The van der Waals surface area contributed by atoms with Crippen molar-refractivity contribution in [2.24, 2.45) is 5.11 Å². The monoisotopic (exact) mass is 967 g/mol. The molecule has 0 atom stereocenters. The number of allylic oxidation sites excluding steroid dienone is 5. The van der Waals surface area contributed by atoms with Crippen molar-refractivity contribution in [3.05, 3.63) is 80.9 Å². The molecule has 0 fully saturated rings. The number of likely N-dealkylation sites (N-methyl/N-ethyl adjacent to an activating group) is 2. The summed E-state index contributed by atoms with van der Waals surface area (Å²) in [4.78, 5) is 5.26. The third-order valence-electron chi connectivity index (χ3n) is 11.4. The number of nitrogens with zero attached hydrogens (tertiary/aromatic N) is 7. The summed E-state index contributed by atoms with van der Waals surface area (Å²) in [5.41, 5.74) is 16.0. The Hall–Kier alpha value is -3.79. The number of ether oxygens (including phenoxy) is 4. The summed E-state index contributed by atoms with van der Waals surface area (Å²) in [7, 11) is 5.11. The van der Waals surface area contributed by atoms with E-state index in [1.54, 1.807) is 6.07 Å². The third kappa shape index (κ3) is 16.0. The van der Waals surface area contributed by atoms with Gasteiger partial charge in [-0.15, -0.1) is 0 Å². The summed E-state index contributed by atoms with van der Waals surface area (Å²) < 4.78 is 94.2. The molecule has 0 N–H and O–H groups in total. The molecule has 2 aliphatic rings. The summed E-state index contributed by atoms with van der Waals surface area (Å²) in [5, 5.41) is 6.60. The van der Waals surface area contributed by atoms with Crippen LogP contribution >= 0.6 is 0 Å². The van der Waals surface area contributed by atoms with E-state index in [-0.39, 0.29) is 57.4 Å². The van der Waals surface area contributed by atoms with Gasteiger partial charge in [0.15, 0.2) is 5.71 Å². The Kier molecular flexibility index (Phi) is 19.7. The Morgan fingerprint density at radius 3 is 1.81 bits per heavy atom. The molecule has 0 amide bonds. The van der Waals surface area contributed by atoms with Gasteiger partial charge in [-0.25, -0.2) is 21.4 Å². The highest BCUT2D eigenvalue weighted by Gasteiger charge is 2.41. The predicted molar refractivity (Wildman–Crippen MR) is 248 cm³/mol. The van der Waals surface area contributed by atoms with E-state index in [9.17, 15) is 31.5 Å². The number of hydrogen-bond donors (Lipinski definition) is 0. The number of anilines is 1. The van der Waals surface area contributed by atoms with Gasteiger partial charge in [-0.3, -0.25) is 0 Å². The SMILES string of the molecule is CN(C)c1ccc2c(c1)[Si](C)(C)C1=CC(=[N+](C)C)C=CC1=C2c1cc(N=[N+]=[N-])c(OCCOCC[N+](C)(C)CCCS(=O)(=O)[O-])cc1OCCOCC[N+](C)(C)CCCS(=O)(=O)[O-].[Cl-]. The van der Waals surface area contributed by atoms with Crippen LogP contribution in [0.4, 0.5) is 11.4 Å². The molecule has 0 saturated carbocycles. The van der Waals surface area contributed by atoms with Gasteiger partial charge in [-0.05, 0) is 56.9 Å². The summed E-state index contributed by atoms with van der Waals surface area (Å²) in [6.07, 6.45) is 7.09. The number of benzene rings is 2. The summed E-state index contributed by atoms with van der Waals surface area (Å²) in [6, 6.07) is 10.1. The number of rotatable bonds is 25. The predicted octanol–water partition coefficient (Wildman–Crippen LogP) is 0.992. The van der Waals surface area contributed by atoms with Crippen LogP contribution in [-0.2, 0) is 29.7 Å². The van der Waals surface area contributed by atoms with Crippen LogP contribution in [0.5, 0.6) is 11.5 Å². The van der Waals surface area contributed by atoms with Crippen LogP contribution in [0.25, 0.3) is 16.0 Å². The van der Waals surface area contributed by atoms with Crippen molar-refractivity contribution >= 4 is 56.2 Å². The number of hydrogen-bond acceptors (Lipinski definition) is 12. The molecule has 1 aliphatic heterocycles. The van der Waals surface area contributed by atoms with Crippen molar-refractivity contribution < 1.29 is 70.8 Å². The number of fused-ring (bicyclic) bond motifs is 2. The minimum atomic E-state index is -4.27. The number of azide groups is 1. The zero-order chi connectivity index (χ0) is 46.8. The highest BCUT2D eigenvalue weighted by molar-refractivity contribution is 7.85.